The fourth-order valence-corrected chi connectivity index (χ4v) is 2.63. The maximum Gasteiger partial charge on any atom is 0.293 e. The van der Waals surface area contributed by atoms with Gasteiger partial charge in [-0.25, -0.2) is 4.39 Å². The van der Waals surface area contributed by atoms with Crippen LogP contribution in [-0.4, -0.2) is 24.4 Å². The molecule has 0 bridgehead atoms. The summed E-state index contributed by atoms with van der Waals surface area (Å²) in [6.45, 7) is 4.15. The maximum absolute atomic E-state index is 13.2. The van der Waals surface area contributed by atoms with Gasteiger partial charge in [-0.1, -0.05) is 18.2 Å². The number of rotatable bonds is 6. The Labute approximate surface area is 145 Å². The zero-order chi connectivity index (χ0) is 18.6. The van der Waals surface area contributed by atoms with Crippen molar-refractivity contribution in [2.45, 2.75) is 20.4 Å². The highest BCUT2D eigenvalue weighted by molar-refractivity contribution is 5.95. The Kier molecular flexibility index (Phi) is 5.82. The van der Waals surface area contributed by atoms with Gasteiger partial charge in [0.2, 0.25) is 0 Å². The number of hydrogen-bond donors (Lipinski definition) is 2. The normalized spacial score (nSPS) is 11.8. The van der Waals surface area contributed by atoms with Crippen molar-refractivity contribution in [3.63, 3.8) is 0 Å². The number of nitrogens with one attached hydrogen (secondary N) is 2. The predicted octanol–water partition coefficient (Wildman–Crippen LogP) is 2.00. The minimum atomic E-state index is -0.509. The second-order valence-electron chi connectivity index (χ2n) is 6.15. The lowest BCUT2D eigenvalue weighted by Gasteiger charge is -2.15. The number of nitro groups is 1. The van der Waals surface area contributed by atoms with Gasteiger partial charge < -0.3 is 10.2 Å². The lowest BCUT2D eigenvalue weighted by atomic mass is 10.1. The van der Waals surface area contributed by atoms with E-state index >= 15 is 0 Å². The number of benzene rings is 2. The largest absolute Gasteiger partial charge is 0.326 e. The molecule has 0 saturated heterocycles. The minimum Gasteiger partial charge on any atom is -0.326 e. The summed E-state index contributed by atoms with van der Waals surface area (Å²) in [6, 6.07) is 9.26. The average Bonchev–Trinajstić information content (AvgIpc) is 2.51. The van der Waals surface area contributed by atoms with Crippen molar-refractivity contribution in [3.05, 3.63) is 69.0 Å². The smallest absolute Gasteiger partial charge is 0.293 e. The molecular weight excluding hydrogens is 325 g/mol. The van der Waals surface area contributed by atoms with Crippen LogP contribution in [0, 0.1) is 29.8 Å². The summed E-state index contributed by atoms with van der Waals surface area (Å²) in [6.07, 6.45) is 0. The van der Waals surface area contributed by atoms with Gasteiger partial charge in [-0.15, -0.1) is 0 Å². The monoisotopic (exact) mass is 346 g/mol. The van der Waals surface area contributed by atoms with Gasteiger partial charge in [0.15, 0.2) is 6.54 Å². The van der Waals surface area contributed by atoms with Crippen LogP contribution in [0.25, 0.3) is 0 Å². The van der Waals surface area contributed by atoms with E-state index in [0.29, 0.717) is 12.1 Å². The standard InChI is InChI=1S/C18H20FN3O3/c1-12-7-8-16(22(24)25)18(13(12)2)20-17(23)11-21(3)10-14-5-4-6-15(19)9-14/h4-9H,10-11H2,1-3H3,(H,20,23)/p+1. The first-order chi connectivity index (χ1) is 11.8. The van der Waals surface area contributed by atoms with Crippen molar-refractivity contribution < 1.29 is 19.0 Å². The van der Waals surface area contributed by atoms with Crippen molar-refractivity contribution >= 4 is 17.3 Å². The molecule has 0 aliphatic rings. The van der Waals surface area contributed by atoms with E-state index in [-0.39, 0.29) is 29.6 Å². The summed E-state index contributed by atoms with van der Waals surface area (Å²) in [5, 5.41) is 13.8. The van der Waals surface area contributed by atoms with Crippen LogP contribution >= 0.6 is 0 Å². The third-order valence-electron chi connectivity index (χ3n) is 4.03. The molecule has 0 aromatic heterocycles. The van der Waals surface area contributed by atoms with Gasteiger partial charge in [-0.3, -0.25) is 14.9 Å². The number of amides is 1. The third kappa shape index (κ3) is 4.84. The molecule has 2 aromatic rings. The van der Waals surface area contributed by atoms with E-state index in [9.17, 15) is 19.3 Å². The Bertz CT molecular complexity index is 808. The van der Waals surface area contributed by atoms with Gasteiger partial charge >= 0.3 is 0 Å². The Balaban J connectivity index is 2.07. The molecule has 0 fully saturated rings. The molecule has 2 aromatic carbocycles. The van der Waals surface area contributed by atoms with Crippen LogP contribution in [0.1, 0.15) is 16.7 Å². The molecule has 0 aliphatic heterocycles. The number of hydrogen-bond acceptors (Lipinski definition) is 3. The van der Waals surface area contributed by atoms with E-state index in [1.165, 1.54) is 18.2 Å². The van der Waals surface area contributed by atoms with Crippen molar-refractivity contribution in [2.24, 2.45) is 0 Å². The van der Waals surface area contributed by atoms with Gasteiger partial charge in [0.25, 0.3) is 11.6 Å². The van der Waals surface area contributed by atoms with Gasteiger partial charge in [-0.05, 0) is 37.1 Å². The number of nitro benzene ring substituents is 1. The average molecular weight is 346 g/mol. The molecule has 0 heterocycles. The van der Waals surface area contributed by atoms with E-state index in [1.54, 1.807) is 25.1 Å². The number of likely N-dealkylation sites (N-methyl/N-ethyl adjacent to an activating group) is 1. The van der Waals surface area contributed by atoms with Crippen molar-refractivity contribution in [1.29, 1.82) is 0 Å². The maximum atomic E-state index is 13.2. The fourth-order valence-electron chi connectivity index (χ4n) is 2.63. The Morgan fingerprint density at radius 1 is 1.28 bits per heavy atom. The number of quaternary nitrogens is 1. The van der Waals surface area contributed by atoms with Crippen LogP contribution in [0.3, 0.4) is 0 Å². The predicted molar refractivity (Wildman–Crippen MR) is 93.1 cm³/mol. The second-order valence-corrected chi connectivity index (χ2v) is 6.15. The summed E-state index contributed by atoms with van der Waals surface area (Å²) >= 11 is 0. The molecule has 0 radical (unpaired) electrons. The molecule has 25 heavy (non-hydrogen) atoms. The SMILES string of the molecule is Cc1ccc([N+](=O)[O-])c(NC(=O)C[NH+](C)Cc2cccc(F)c2)c1C. The first-order valence-electron chi connectivity index (χ1n) is 7.88. The van der Waals surface area contributed by atoms with Gasteiger partial charge in [0, 0.05) is 11.6 Å². The summed E-state index contributed by atoms with van der Waals surface area (Å²) in [4.78, 5) is 23.8. The van der Waals surface area contributed by atoms with E-state index in [0.717, 1.165) is 16.0 Å². The number of carbonyl (C=O) groups excluding carboxylic acids is 1. The number of carbonyl (C=O) groups is 1. The molecule has 2 N–H and O–H groups in total. The van der Waals surface area contributed by atoms with Crippen LogP contribution in [-0.2, 0) is 11.3 Å². The van der Waals surface area contributed by atoms with Gasteiger partial charge in [-0.2, -0.15) is 0 Å². The van der Waals surface area contributed by atoms with Crippen molar-refractivity contribution in [2.75, 3.05) is 18.9 Å². The highest BCUT2D eigenvalue weighted by atomic mass is 19.1. The van der Waals surface area contributed by atoms with Crippen LogP contribution in [0.5, 0.6) is 0 Å². The van der Waals surface area contributed by atoms with E-state index < -0.39 is 4.92 Å². The summed E-state index contributed by atoms with van der Waals surface area (Å²) < 4.78 is 13.2. The molecule has 0 saturated carbocycles. The van der Waals surface area contributed by atoms with Crippen LogP contribution < -0.4 is 10.2 Å². The lowest BCUT2D eigenvalue weighted by molar-refractivity contribution is -0.885. The van der Waals surface area contributed by atoms with E-state index in [1.807, 2.05) is 14.0 Å². The number of nitrogens with zero attached hydrogens (tertiary/aromatic N) is 1. The molecule has 132 valence electrons. The molecule has 7 heteroatoms. The number of aryl methyl sites for hydroxylation is 1. The summed E-state index contributed by atoms with van der Waals surface area (Å²) in [7, 11) is 1.81. The molecule has 6 nitrogen and oxygen atoms in total. The molecule has 1 amide bonds. The number of halogens is 1. The second kappa shape index (κ2) is 7.85. The van der Waals surface area contributed by atoms with E-state index in [2.05, 4.69) is 5.32 Å². The molecule has 1 atom stereocenters. The quantitative estimate of drug-likeness (QED) is 0.620. The molecule has 0 aliphatic carbocycles. The molecule has 0 spiro atoms. The lowest BCUT2D eigenvalue weighted by Crippen LogP contribution is -3.08. The van der Waals surface area contributed by atoms with Crippen molar-refractivity contribution in [1.82, 2.24) is 0 Å². The topological polar surface area (TPSA) is 76.7 Å². The third-order valence-corrected chi connectivity index (χ3v) is 4.03. The first kappa shape index (κ1) is 18.5. The Morgan fingerprint density at radius 3 is 2.64 bits per heavy atom. The van der Waals surface area contributed by atoms with Gasteiger partial charge in [0.05, 0.1) is 12.0 Å². The summed E-state index contributed by atoms with van der Waals surface area (Å²) in [5.74, 6) is -0.647. The first-order valence-corrected chi connectivity index (χ1v) is 7.88. The molecule has 2 rings (SSSR count). The molecule has 1 unspecified atom stereocenters. The highest BCUT2D eigenvalue weighted by Crippen LogP contribution is 2.29. The summed E-state index contributed by atoms with van der Waals surface area (Å²) in [5.41, 5.74) is 2.42. The van der Waals surface area contributed by atoms with Crippen molar-refractivity contribution in [3.8, 4) is 0 Å². The van der Waals surface area contributed by atoms with E-state index in [4.69, 9.17) is 0 Å². The number of anilines is 1. The highest BCUT2D eigenvalue weighted by Gasteiger charge is 2.21. The fraction of sp³-hybridized carbons (Fsp3) is 0.278. The Hall–Kier alpha value is -2.80. The molecular formula is C18H21FN3O3+. The van der Waals surface area contributed by atoms with Crippen LogP contribution in [0.15, 0.2) is 36.4 Å². The Morgan fingerprint density at radius 2 is 2.00 bits per heavy atom. The van der Waals surface area contributed by atoms with Gasteiger partial charge in [0.1, 0.15) is 18.0 Å². The van der Waals surface area contributed by atoms with Crippen LogP contribution in [0.2, 0.25) is 0 Å². The zero-order valence-corrected chi connectivity index (χ0v) is 14.4. The zero-order valence-electron chi connectivity index (χ0n) is 14.4. The minimum absolute atomic E-state index is 0.112. The van der Waals surface area contributed by atoms with Crippen LogP contribution in [0.4, 0.5) is 15.8 Å².